The van der Waals surface area contributed by atoms with Crippen molar-refractivity contribution in [3.8, 4) is 11.5 Å². The maximum atomic E-state index is 13.1. The second kappa shape index (κ2) is 9.04. The highest BCUT2D eigenvalue weighted by molar-refractivity contribution is 7.91. The van der Waals surface area contributed by atoms with Crippen molar-refractivity contribution < 1.29 is 40.1 Å². The van der Waals surface area contributed by atoms with Gasteiger partial charge in [0.2, 0.25) is 5.78 Å². The number of fused-ring (bicyclic) bond motifs is 1. The van der Waals surface area contributed by atoms with Crippen LogP contribution in [0.15, 0.2) is 45.2 Å². The lowest BCUT2D eigenvalue weighted by molar-refractivity contribution is 0.106. The first-order valence-corrected chi connectivity index (χ1v) is 11.6. The third-order valence-corrected chi connectivity index (χ3v) is 6.41. The standard InChI is InChI=1S/C16H14ClN5O9S2/c17-8-1-2-11(29-18)10(5-8)21-22-15-13(32(24,25)26)4-7-3-9(33(27,28)31-20)6-12(30-19)14(7)16(15)23/h1-6,21H,18-20H2,(H,24,25,26)/b22-15-. The second-order valence-corrected chi connectivity index (χ2v) is 9.60. The molecule has 17 heteroatoms. The summed E-state index contributed by atoms with van der Waals surface area (Å²) in [4.78, 5) is 20.8. The van der Waals surface area contributed by atoms with E-state index in [1.54, 1.807) is 0 Å². The monoisotopic (exact) mass is 519 g/mol. The average molecular weight is 520 g/mol. The van der Waals surface area contributed by atoms with E-state index in [-0.39, 0.29) is 27.6 Å². The summed E-state index contributed by atoms with van der Waals surface area (Å²) in [5.74, 6) is 13.5. The lowest BCUT2D eigenvalue weighted by Gasteiger charge is -2.19. The predicted octanol–water partition coefficient (Wildman–Crippen LogP) is 0.317. The van der Waals surface area contributed by atoms with Gasteiger partial charge in [-0.25, -0.2) is 0 Å². The average Bonchev–Trinajstić information content (AvgIpc) is 2.76. The highest BCUT2D eigenvalue weighted by Gasteiger charge is 2.36. The Bertz CT molecular complexity index is 1420. The summed E-state index contributed by atoms with van der Waals surface area (Å²) in [5, 5.41) is 3.97. The number of rotatable bonds is 7. The molecule has 0 saturated carbocycles. The number of nitrogens with zero attached hydrogens (tertiary/aromatic N) is 1. The summed E-state index contributed by atoms with van der Waals surface area (Å²) in [6.45, 7) is 0. The van der Waals surface area contributed by atoms with E-state index in [9.17, 15) is 26.2 Å². The number of anilines is 1. The molecule has 0 atom stereocenters. The van der Waals surface area contributed by atoms with Gasteiger partial charge in [-0.3, -0.25) is 14.8 Å². The summed E-state index contributed by atoms with van der Waals surface area (Å²) in [6, 6.07) is 5.81. The normalized spacial score (nSPS) is 15.1. The van der Waals surface area contributed by atoms with Crippen LogP contribution in [0, 0.1) is 0 Å². The summed E-state index contributed by atoms with van der Waals surface area (Å²) >= 11 is 5.90. The number of halogens is 1. The minimum atomic E-state index is -5.04. The Labute approximate surface area is 191 Å². The Morgan fingerprint density at radius 1 is 1.00 bits per heavy atom. The Morgan fingerprint density at radius 3 is 2.24 bits per heavy atom. The highest BCUT2D eigenvalue weighted by Crippen LogP contribution is 2.35. The van der Waals surface area contributed by atoms with E-state index >= 15 is 0 Å². The van der Waals surface area contributed by atoms with Crippen LogP contribution in [0.3, 0.4) is 0 Å². The Morgan fingerprint density at radius 2 is 1.67 bits per heavy atom. The van der Waals surface area contributed by atoms with Crippen LogP contribution < -0.4 is 32.8 Å². The molecule has 2 aromatic carbocycles. The van der Waals surface area contributed by atoms with E-state index < -0.39 is 47.3 Å². The van der Waals surface area contributed by atoms with Crippen molar-refractivity contribution in [1.82, 2.24) is 0 Å². The number of carbonyl (C=O) groups is 1. The molecular weight excluding hydrogens is 506 g/mol. The molecule has 0 fully saturated rings. The zero-order valence-corrected chi connectivity index (χ0v) is 18.4. The number of benzene rings is 2. The molecule has 0 spiro atoms. The van der Waals surface area contributed by atoms with Crippen LogP contribution in [-0.2, 0) is 24.5 Å². The maximum absolute atomic E-state index is 13.1. The van der Waals surface area contributed by atoms with Gasteiger partial charge in [-0.15, -0.1) is 0 Å². The van der Waals surface area contributed by atoms with Gasteiger partial charge in [0.05, 0.1) is 10.5 Å². The van der Waals surface area contributed by atoms with E-state index in [1.165, 1.54) is 18.2 Å². The molecule has 0 unspecified atom stereocenters. The van der Waals surface area contributed by atoms with Crippen LogP contribution in [0.5, 0.6) is 11.5 Å². The largest absolute Gasteiger partial charge is 0.411 e. The summed E-state index contributed by atoms with van der Waals surface area (Å²) in [6.07, 6.45) is 0.781. The molecule has 176 valence electrons. The SMILES string of the molecule is NOc1ccc(Cl)cc1N/N=C1\C(=O)c2c(cc(S(=O)(=O)ON)cc2ON)C=C1S(=O)(=O)O. The van der Waals surface area contributed by atoms with Gasteiger partial charge in [-0.2, -0.15) is 43.9 Å². The lowest BCUT2D eigenvalue weighted by Crippen LogP contribution is -2.28. The van der Waals surface area contributed by atoms with Crippen molar-refractivity contribution in [2.45, 2.75) is 4.90 Å². The number of Topliss-reactive ketones (excluding diaryl/α,β-unsaturated/α-hetero) is 1. The van der Waals surface area contributed by atoms with Crippen molar-refractivity contribution in [3.63, 3.8) is 0 Å². The van der Waals surface area contributed by atoms with Gasteiger partial charge in [0.15, 0.2) is 17.2 Å². The van der Waals surface area contributed by atoms with Crippen molar-refractivity contribution in [3.05, 3.63) is 51.4 Å². The Hall–Kier alpha value is -3.09. The number of carbonyl (C=O) groups excluding carboxylic acids is 1. The van der Waals surface area contributed by atoms with Crippen molar-refractivity contribution in [1.29, 1.82) is 0 Å². The molecule has 0 saturated heterocycles. The second-order valence-electron chi connectivity index (χ2n) is 6.20. The summed E-state index contributed by atoms with van der Waals surface area (Å²) in [7, 11) is -9.54. The first-order chi connectivity index (χ1) is 15.4. The van der Waals surface area contributed by atoms with Gasteiger partial charge < -0.3 is 9.68 Å². The molecule has 33 heavy (non-hydrogen) atoms. The molecule has 1 aliphatic rings. The maximum Gasteiger partial charge on any atom is 0.312 e. The predicted molar refractivity (Wildman–Crippen MR) is 115 cm³/mol. The summed E-state index contributed by atoms with van der Waals surface area (Å²) in [5.41, 5.74) is 0.975. The zero-order valence-electron chi connectivity index (χ0n) is 16.1. The zero-order chi connectivity index (χ0) is 24.6. The van der Waals surface area contributed by atoms with Gasteiger partial charge >= 0.3 is 10.1 Å². The third-order valence-electron chi connectivity index (χ3n) is 4.25. The van der Waals surface area contributed by atoms with Crippen LogP contribution in [0.1, 0.15) is 15.9 Å². The number of hydrogen-bond donors (Lipinski definition) is 5. The van der Waals surface area contributed by atoms with E-state index in [0.29, 0.717) is 0 Å². The number of hydrogen-bond acceptors (Lipinski definition) is 13. The van der Waals surface area contributed by atoms with Gasteiger partial charge in [0.1, 0.15) is 10.6 Å². The number of allylic oxidation sites excluding steroid dienone is 1. The van der Waals surface area contributed by atoms with Crippen molar-refractivity contribution in [2.75, 3.05) is 5.43 Å². The lowest BCUT2D eigenvalue weighted by atomic mass is 9.93. The van der Waals surface area contributed by atoms with Crippen LogP contribution in [-0.4, -0.2) is 32.9 Å². The molecule has 3 rings (SSSR count). The van der Waals surface area contributed by atoms with Gasteiger partial charge in [-0.1, -0.05) is 11.6 Å². The molecule has 0 aliphatic heterocycles. The fraction of sp³-hybridized carbons (Fsp3) is 0. The summed E-state index contributed by atoms with van der Waals surface area (Å²) < 4.78 is 61.4. The highest BCUT2D eigenvalue weighted by atomic mass is 35.5. The number of nitrogens with two attached hydrogens (primary N) is 3. The van der Waals surface area contributed by atoms with Crippen LogP contribution in [0.4, 0.5) is 5.69 Å². The number of ketones is 1. The topological polar surface area (TPSA) is 236 Å². The first-order valence-electron chi connectivity index (χ1n) is 8.35. The molecule has 0 bridgehead atoms. The molecule has 2 aromatic rings. The minimum absolute atomic E-state index is 0.0346. The van der Waals surface area contributed by atoms with Gasteiger partial charge in [0, 0.05) is 11.1 Å². The van der Waals surface area contributed by atoms with Gasteiger partial charge in [-0.05, 0) is 35.9 Å². The fourth-order valence-corrected chi connectivity index (χ4v) is 4.28. The Kier molecular flexibility index (Phi) is 6.73. The number of hydrazone groups is 1. The van der Waals surface area contributed by atoms with Crippen molar-refractivity contribution in [2.24, 2.45) is 22.8 Å². The smallest absolute Gasteiger partial charge is 0.312 e. The molecule has 0 heterocycles. The van der Waals surface area contributed by atoms with E-state index in [2.05, 4.69) is 24.5 Å². The van der Waals surface area contributed by atoms with Crippen LogP contribution >= 0.6 is 11.6 Å². The fourth-order valence-electron chi connectivity index (χ4n) is 2.81. The van der Waals surface area contributed by atoms with E-state index in [4.69, 9.17) is 29.3 Å². The molecule has 0 aromatic heterocycles. The third kappa shape index (κ3) is 4.82. The van der Waals surface area contributed by atoms with Crippen molar-refractivity contribution >= 4 is 55.1 Å². The number of nitrogens with one attached hydrogen (secondary N) is 1. The molecule has 8 N–H and O–H groups in total. The molecular formula is C16H14ClN5O9S2. The molecule has 0 radical (unpaired) electrons. The Balaban J connectivity index is 2.23. The van der Waals surface area contributed by atoms with Crippen LogP contribution in [0.25, 0.3) is 6.08 Å². The molecule has 1 aliphatic carbocycles. The molecule has 14 nitrogen and oxygen atoms in total. The molecule has 0 amide bonds. The van der Waals surface area contributed by atoms with E-state index in [0.717, 1.165) is 18.2 Å². The van der Waals surface area contributed by atoms with Gasteiger partial charge in [0.25, 0.3) is 10.1 Å². The first kappa shape index (κ1) is 24.6. The quantitative estimate of drug-likeness (QED) is 0.245. The van der Waals surface area contributed by atoms with Crippen LogP contribution in [0.2, 0.25) is 5.02 Å². The van der Waals surface area contributed by atoms with E-state index in [1.807, 2.05) is 0 Å². The minimum Gasteiger partial charge on any atom is -0.411 e.